The molecule has 1 aromatic carbocycles. The lowest BCUT2D eigenvalue weighted by atomic mass is 9.93. The van der Waals surface area contributed by atoms with Crippen molar-refractivity contribution in [2.75, 3.05) is 0 Å². The van der Waals surface area contributed by atoms with Crippen molar-refractivity contribution in [1.29, 1.82) is 0 Å². The maximum atomic E-state index is 12.8. The van der Waals surface area contributed by atoms with E-state index in [2.05, 4.69) is 0 Å². The first-order valence-electron chi connectivity index (χ1n) is 9.01. The quantitative estimate of drug-likeness (QED) is 0.361. The van der Waals surface area contributed by atoms with E-state index < -0.39 is 29.6 Å². The Kier molecular flexibility index (Phi) is 6.35. The van der Waals surface area contributed by atoms with E-state index in [0.29, 0.717) is 17.9 Å². The minimum absolute atomic E-state index is 0.209. The fourth-order valence-corrected chi connectivity index (χ4v) is 3.00. The molecule has 0 aliphatic heterocycles. The summed E-state index contributed by atoms with van der Waals surface area (Å²) in [7, 11) is 0. The molecule has 1 aliphatic rings. The van der Waals surface area contributed by atoms with Gasteiger partial charge in [-0.25, -0.2) is 4.79 Å². The van der Waals surface area contributed by atoms with E-state index in [9.17, 15) is 19.5 Å². The van der Waals surface area contributed by atoms with Gasteiger partial charge < -0.3 is 9.84 Å². The van der Waals surface area contributed by atoms with Crippen molar-refractivity contribution in [2.24, 2.45) is 17.8 Å². The van der Waals surface area contributed by atoms with Crippen LogP contribution in [0.4, 0.5) is 0 Å². The Bertz CT molecular complexity index is 715. The Labute approximate surface area is 154 Å². The second-order valence-corrected chi connectivity index (χ2v) is 7.41. The van der Waals surface area contributed by atoms with Crippen molar-refractivity contribution < 1.29 is 24.2 Å². The molecule has 2 unspecified atom stereocenters. The van der Waals surface area contributed by atoms with Crippen molar-refractivity contribution >= 4 is 17.5 Å². The Morgan fingerprint density at radius 2 is 1.69 bits per heavy atom. The molecule has 0 saturated heterocycles. The predicted octanol–water partition coefficient (Wildman–Crippen LogP) is 3.88. The van der Waals surface area contributed by atoms with Crippen LogP contribution in [0.3, 0.4) is 0 Å². The molecule has 2 rings (SSSR count). The molecule has 5 heteroatoms. The summed E-state index contributed by atoms with van der Waals surface area (Å²) in [4.78, 5) is 37.9. The molecule has 1 saturated carbocycles. The van der Waals surface area contributed by atoms with Crippen molar-refractivity contribution in [3.8, 4) is 0 Å². The number of allylic oxidation sites excluding steroid dienone is 1. The number of benzene rings is 1. The second kappa shape index (κ2) is 8.30. The van der Waals surface area contributed by atoms with Crippen LogP contribution in [0, 0.1) is 17.8 Å². The third-order valence-corrected chi connectivity index (χ3v) is 4.55. The van der Waals surface area contributed by atoms with Crippen molar-refractivity contribution in [2.45, 2.75) is 46.6 Å². The SMILES string of the molecule is CC(C)CCC1C(=O)C(=C(O)C(C)C)C(=O)C1OC(=O)c1ccccc1. The van der Waals surface area contributed by atoms with Gasteiger partial charge in [0.15, 0.2) is 11.9 Å². The highest BCUT2D eigenvalue weighted by molar-refractivity contribution is 6.29. The third kappa shape index (κ3) is 4.21. The van der Waals surface area contributed by atoms with E-state index in [1.807, 2.05) is 13.8 Å². The highest BCUT2D eigenvalue weighted by Crippen LogP contribution is 2.34. The molecule has 0 heterocycles. The number of aliphatic hydroxyl groups excluding tert-OH is 1. The number of esters is 1. The maximum Gasteiger partial charge on any atom is 0.338 e. The van der Waals surface area contributed by atoms with Gasteiger partial charge in [0.1, 0.15) is 11.3 Å². The molecule has 1 aromatic rings. The van der Waals surface area contributed by atoms with Crippen LogP contribution >= 0.6 is 0 Å². The number of ketones is 2. The van der Waals surface area contributed by atoms with Gasteiger partial charge >= 0.3 is 5.97 Å². The van der Waals surface area contributed by atoms with Crippen LogP contribution in [0.1, 0.15) is 50.9 Å². The lowest BCUT2D eigenvalue weighted by molar-refractivity contribution is -0.125. The van der Waals surface area contributed by atoms with Gasteiger partial charge in [-0.05, 0) is 24.5 Å². The summed E-state index contributed by atoms with van der Waals surface area (Å²) >= 11 is 0. The van der Waals surface area contributed by atoms with Crippen LogP contribution in [0.5, 0.6) is 0 Å². The van der Waals surface area contributed by atoms with Crippen LogP contribution in [0.25, 0.3) is 0 Å². The average Bonchev–Trinajstić information content (AvgIpc) is 2.83. The molecule has 1 fully saturated rings. The minimum atomic E-state index is -1.18. The normalized spacial score (nSPS) is 22.2. The van der Waals surface area contributed by atoms with E-state index >= 15 is 0 Å². The molecule has 0 spiro atoms. The molecule has 140 valence electrons. The molecule has 5 nitrogen and oxygen atoms in total. The highest BCUT2D eigenvalue weighted by atomic mass is 16.5. The minimum Gasteiger partial charge on any atom is -0.511 e. The number of carbonyl (C=O) groups excluding carboxylic acids is 3. The van der Waals surface area contributed by atoms with Crippen LogP contribution in [-0.4, -0.2) is 28.7 Å². The van der Waals surface area contributed by atoms with Crippen LogP contribution in [-0.2, 0) is 14.3 Å². The number of ether oxygens (including phenoxy) is 1. The first kappa shape index (κ1) is 19.9. The first-order valence-corrected chi connectivity index (χ1v) is 9.01. The average molecular weight is 358 g/mol. The first-order chi connectivity index (χ1) is 12.2. The van der Waals surface area contributed by atoms with Crippen molar-refractivity contribution in [1.82, 2.24) is 0 Å². The summed E-state index contributed by atoms with van der Waals surface area (Å²) in [6.45, 7) is 7.45. The Hall–Kier alpha value is -2.43. The van der Waals surface area contributed by atoms with Gasteiger partial charge in [0.25, 0.3) is 0 Å². The highest BCUT2D eigenvalue weighted by Gasteiger charge is 2.49. The lowest BCUT2D eigenvalue weighted by Crippen LogP contribution is -2.30. The molecule has 0 bridgehead atoms. The molecule has 1 N–H and O–H groups in total. The molecule has 0 aromatic heterocycles. The van der Waals surface area contributed by atoms with Gasteiger partial charge in [0.05, 0.1) is 11.5 Å². The Morgan fingerprint density at radius 1 is 1.08 bits per heavy atom. The maximum absolute atomic E-state index is 12.8. The summed E-state index contributed by atoms with van der Waals surface area (Å²) in [6.07, 6.45) is -0.0207. The van der Waals surface area contributed by atoms with Gasteiger partial charge in [0.2, 0.25) is 5.78 Å². The van der Waals surface area contributed by atoms with Crippen LogP contribution in [0.2, 0.25) is 0 Å². The van der Waals surface area contributed by atoms with Gasteiger partial charge in [-0.1, -0.05) is 52.3 Å². The molecule has 1 aliphatic carbocycles. The number of Topliss-reactive ketones (excluding diaryl/α,β-unsaturated/α-hetero) is 2. The second-order valence-electron chi connectivity index (χ2n) is 7.41. The molecule has 26 heavy (non-hydrogen) atoms. The fourth-order valence-electron chi connectivity index (χ4n) is 3.00. The van der Waals surface area contributed by atoms with E-state index in [0.717, 1.165) is 6.42 Å². The monoisotopic (exact) mass is 358 g/mol. The molecule has 0 radical (unpaired) electrons. The number of carbonyl (C=O) groups is 3. The summed E-state index contributed by atoms with van der Waals surface area (Å²) in [5.41, 5.74) is 0.112. The number of rotatable bonds is 6. The van der Waals surface area contributed by atoms with Gasteiger partial charge in [0, 0.05) is 5.92 Å². The number of hydrogen-bond acceptors (Lipinski definition) is 5. The summed E-state index contributed by atoms with van der Waals surface area (Å²) < 4.78 is 5.43. The fraction of sp³-hybridized carbons (Fsp3) is 0.476. The van der Waals surface area contributed by atoms with E-state index in [1.165, 1.54) is 0 Å². The van der Waals surface area contributed by atoms with Gasteiger partial charge in [-0.15, -0.1) is 0 Å². The largest absolute Gasteiger partial charge is 0.511 e. The summed E-state index contributed by atoms with van der Waals surface area (Å²) in [6, 6.07) is 8.35. The summed E-state index contributed by atoms with van der Waals surface area (Å²) in [5.74, 6) is -2.65. The predicted molar refractivity (Wildman–Crippen MR) is 97.7 cm³/mol. The van der Waals surface area contributed by atoms with E-state index in [1.54, 1.807) is 44.2 Å². The lowest BCUT2D eigenvalue weighted by Gasteiger charge is -2.18. The zero-order chi connectivity index (χ0) is 19.4. The number of aliphatic hydroxyl groups is 1. The molecular formula is C21H26O5. The smallest absolute Gasteiger partial charge is 0.338 e. The van der Waals surface area contributed by atoms with Crippen molar-refractivity contribution in [3.05, 3.63) is 47.2 Å². The van der Waals surface area contributed by atoms with Gasteiger partial charge in [-0.3, -0.25) is 9.59 Å². The Balaban J connectivity index is 2.33. The van der Waals surface area contributed by atoms with Crippen LogP contribution < -0.4 is 0 Å². The molecular weight excluding hydrogens is 332 g/mol. The van der Waals surface area contributed by atoms with Gasteiger partial charge in [-0.2, -0.15) is 0 Å². The molecule has 0 amide bonds. The summed E-state index contributed by atoms with van der Waals surface area (Å²) in [5, 5.41) is 10.2. The van der Waals surface area contributed by atoms with Crippen molar-refractivity contribution in [3.63, 3.8) is 0 Å². The number of hydrogen-bond donors (Lipinski definition) is 1. The van der Waals surface area contributed by atoms with E-state index in [-0.39, 0.29) is 17.3 Å². The topological polar surface area (TPSA) is 80.7 Å². The van der Waals surface area contributed by atoms with Crippen LogP contribution in [0.15, 0.2) is 41.7 Å². The molecule has 2 atom stereocenters. The Morgan fingerprint density at radius 3 is 2.23 bits per heavy atom. The standard InChI is InChI=1S/C21H26O5/c1-12(2)10-11-15-18(23)16(17(22)13(3)4)19(24)20(15)26-21(25)14-8-6-5-7-9-14/h5-9,12-13,15,20,22H,10-11H2,1-4H3. The zero-order valence-electron chi connectivity index (χ0n) is 15.7. The zero-order valence-corrected chi connectivity index (χ0v) is 15.7. The third-order valence-electron chi connectivity index (χ3n) is 4.55. The van der Waals surface area contributed by atoms with E-state index in [4.69, 9.17) is 4.74 Å².